The summed E-state index contributed by atoms with van der Waals surface area (Å²) in [4.78, 5) is 0. The van der Waals surface area contributed by atoms with E-state index < -0.39 is 57.5 Å². The van der Waals surface area contributed by atoms with E-state index in [1.807, 2.05) is 0 Å². The van der Waals surface area contributed by atoms with Gasteiger partial charge in [0.15, 0.2) is 0 Å². The number of hydrogen-bond donors (Lipinski definition) is 4. The third kappa shape index (κ3) is 11.5. The van der Waals surface area contributed by atoms with Crippen LogP contribution in [0.1, 0.15) is 205 Å². The number of rotatable bonds is 38. The van der Waals surface area contributed by atoms with Crippen LogP contribution in [0.2, 0.25) is 5.04 Å². The largest absolute Gasteiger partial charge is 0.519 e. The van der Waals surface area contributed by atoms with E-state index in [0.717, 1.165) is 99.4 Å². The second-order valence-electron chi connectivity index (χ2n) is 24.3. The lowest BCUT2D eigenvalue weighted by atomic mass is 9.80. The first-order valence-electron chi connectivity index (χ1n) is 30.9. The van der Waals surface area contributed by atoms with Gasteiger partial charge in [-0.2, -0.15) is 0 Å². The molecule has 8 saturated carbocycles. The van der Waals surface area contributed by atoms with Gasteiger partial charge < -0.3 is 39.8 Å². The summed E-state index contributed by atoms with van der Waals surface area (Å²) >= 11 is 23.9. The van der Waals surface area contributed by atoms with Gasteiger partial charge in [0.2, 0.25) is 0 Å². The van der Waals surface area contributed by atoms with Gasteiger partial charge in [-0.3, -0.25) is 0 Å². The average molecular weight is 1370 g/mol. The van der Waals surface area contributed by atoms with Gasteiger partial charge in [0, 0.05) is 70.3 Å². The third-order valence-corrected chi connectivity index (χ3v) is 85.9. The first-order valence-corrected chi connectivity index (χ1v) is 53.2. The lowest BCUT2D eigenvalue weighted by molar-refractivity contribution is 0.0288. The Morgan fingerprint density at radius 1 is 0.462 bits per heavy atom. The maximum atomic E-state index is 7.88. The molecule has 15 unspecified atom stereocenters. The molecule has 8 aliphatic carbocycles. The van der Waals surface area contributed by atoms with Crippen LogP contribution in [-0.4, -0.2) is 106 Å². The molecule has 15 atom stereocenters. The molecule has 0 aromatic heterocycles. The zero-order valence-corrected chi connectivity index (χ0v) is 62.8. The third-order valence-electron chi connectivity index (χ3n) is 21.4. The highest BCUT2D eigenvalue weighted by Crippen LogP contribution is 3.02. The SMILES string of the molecule is CCO[Si](OCC)(OCCS(CCC1CC2CCC1C2)(SSS(S)(SS)C1([Si](OCC)(OCC)OCC)CC2CCC1(CC)C2)SS(S)(SS)C1([Si](OCC)(OCC)OCC)CC2CCC1(CC)C2)C1(CC)CC2CCC1C2. The van der Waals surface area contributed by atoms with Crippen LogP contribution in [0.25, 0.3) is 0 Å². The Bertz CT molecular complexity index is 1920. The van der Waals surface area contributed by atoms with Gasteiger partial charge in [0.05, 0.1) is 0 Å². The van der Waals surface area contributed by atoms with Gasteiger partial charge in [-0.15, -0.1) is 31.4 Å². The van der Waals surface area contributed by atoms with Crippen molar-refractivity contribution in [1.29, 1.82) is 0 Å². The Morgan fingerprint density at radius 2 is 0.949 bits per heavy atom. The Kier molecular flexibility index (Phi) is 24.9. The average Bonchev–Trinajstić information content (AvgIpc) is 4.44. The summed E-state index contributed by atoms with van der Waals surface area (Å²) in [6.07, 6.45) is 23.9. The first kappa shape index (κ1) is 68.4. The van der Waals surface area contributed by atoms with Crippen molar-refractivity contribution in [3.05, 3.63) is 0 Å². The molecular weight excluding hydrogens is 1260 g/mol. The Labute approximate surface area is 520 Å². The predicted octanol–water partition coefficient (Wildman–Crippen LogP) is 19.5. The normalized spacial score (nSPS) is 38.7. The van der Waals surface area contributed by atoms with Crippen LogP contribution in [0.4, 0.5) is 0 Å². The summed E-state index contributed by atoms with van der Waals surface area (Å²) in [5.41, 5.74) is -0.110. The first-order chi connectivity index (χ1) is 37.5. The van der Waals surface area contributed by atoms with Gasteiger partial charge in [0.25, 0.3) is 0 Å². The molecule has 0 amide bonds. The minimum atomic E-state index is -3.54. The van der Waals surface area contributed by atoms with E-state index >= 15 is 0 Å². The number of thiol groups is 4. The topological polar surface area (TPSA) is 83.1 Å². The highest BCUT2D eigenvalue weighted by atomic mass is 34.1. The van der Waals surface area contributed by atoms with Crippen molar-refractivity contribution in [2.75, 3.05) is 71.0 Å². The Hall–Kier alpha value is 4.49. The second kappa shape index (κ2) is 28.3. The quantitative estimate of drug-likeness (QED) is 0.0269. The van der Waals surface area contributed by atoms with Crippen molar-refractivity contribution in [3.63, 3.8) is 0 Å². The molecular formula is C54H106O9S12Si3. The number of hydrogen-bond acceptors (Lipinski definition) is 18. The van der Waals surface area contributed by atoms with E-state index in [1.54, 1.807) is 19.7 Å². The van der Waals surface area contributed by atoms with Crippen molar-refractivity contribution < 1.29 is 39.8 Å². The van der Waals surface area contributed by atoms with Crippen molar-refractivity contribution >= 4 is 145 Å². The van der Waals surface area contributed by atoms with E-state index in [1.165, 1.54) is 64.2 Å². The highest BCUT2D eigenvalue weighted by Gasteiger charge is 2.83. The Balaban J connectivity index is 1.33. The summed E-state index contributed by atoms with van der Waals surface area (Å²) < 4.78 is 65.3. The summed E-state index contributed by atoms with van der Waals surface area (Å²) in [7, 11) is -6.59. The lowest BCUT2D eigenvalue weighted by Gasteiger charge is -2.64. The van der Waals surface area contributed by atoms with Gasteiger partial charge in [-0.25, -0.2) is 0 Å². The van der Waals surface area contributed by atoms with Crippen LogP contribution in [0.5, 0.6) is 0 Å². The van der Waals surface area contributed by atoms with Gasteiger partial charge in [0.1, 0.15) is 8.74 Å². The molecule has 0 heterocycles. The van der Waals surface area contributed by atoms with Crippen LogP contribution in [0.15, 0.2) is 0 Å². The summed E-state index contributed by atoms with van der Waals surface area (Å²) in [6, 6.07) is 0. The van der Waals surface area contributed by atoms with Gasteiger partial charge in [-0.1, -0.05) is 71.2 Å². The molecule has 8 aliphatic rings. The zero-order valence-electron chi connectivity index (χ0n) is 49.7. The lowest BCUT2D eigenvalue weighted by Crippen LogP contribution is -2.71. The molecule has 24 heteroatoms. The van der Waals surface area contributed by atoms with E-state index in [4.69, 9.17) is 86.5 Å². The van der Waals surface area contributed by atoms with E-state index in [9.17, 15) is 0 Å². The second-order valence-corrected chi connectivity index (χ2v) is 66.4. The fourth-order valence-corrected chi connectivity index (χ4v) is 98.7. The summed E-state index contributed by atoms with van der Waals surface area (Å²) in [5.74, 6) is 6.78. The molecule has 8 bridgehead atoms. The van der Waals surface area contributed by atoms with Crippen molar-refractivity contribution in [2.24, 2.45) is 52.3 Å². The summed E-state index contributed by atoms with van der Waals surface area (Å²) in [6.45, 7) is 29.4. The molecule has 9 nitrogen and oxygen atoms in total. The monoisotopic (exact) mass is 1370 g/mol. The maximum absolute atomic E-state index is 7.88. The van der Waals surface area contributed by atoms with E-state index in [2.05, 4.69) is 106 Å². The van der Waals surface area contributed by atoms with Crippen LogP contribution < -0.4 is 0 Å². The minimum absolute atomic E-state index is 0.0474. The fourth-order valence-electron chi connectivity index (χ4n) is 18.6. The molecule has 0 saturated heterocycles. The minimum Gasteiger partial charge on any atom is -0.373 e. The predicted molar refractivity (Wildman–Crippen MR) is 369 cm³/mol. The van der Waals surface area contributed by atoms with Crippen molar-refractivity contribution in [1.82, 2.24) is 0 Å². The standard InChI is InChI=1S/C54H106O9S12Si3/c1-12-50-30-27-45(38-50)41-53(50,77(57-17-6,58-18-7)59-19-8)74(66,68-64)71-70-73(33-29-48-36-43-23-25-47(48)35-43,34-32-63-76(55-15-4,56-16-5)52(14-3)40-44-24-26-49(52)37-44)72-75(67,69-65)54(42-46-28-31-51(54,13-2)39-46)78(60-20-9,61-21-10)62-22-11/h43-49,64-67H,12-42H2,1-11H3. The highest BCUT2D eigenvalue weighted by molar-refractivity contribution is 9.73. The van der Waals surface area contributed by atoms with E-state index in [-0.39, 0.29) is 15.9 Å². The molecule has 8 rings (SSSR count). The van der Waals surface area contributed by atoms with Gasteiger partial charge in [-0.05, 0) is 278 Å². The molecule has 0 radical (unpaired) electrons. The molecule has 0 aromatic rings. The van der Waals surface area contributed by atoms with Crippen molar-refractivity contribution in [2.45, 2.75) is 218 Å². The molecule has 78 heavy (non-hydrogen) atoms. The van der Waals surface area contributed by atoms with E-state index in [0.29, 0.717) is 77.2 Å². The molecule has 0 aromatic carbocycles. The molecule has 0 spiro atoms. The van der Waals surface area contributed by atoms with Crippen LogP contribution >= 0.6 is 118 Å². The molecule has 0 aliphatic heterocycles. The molecule has 8 fully saturated rings. The molecule has 460 valence electrons. The zero-order chi connectivity index (χ0) is 56.4. The molecule has 0 N–H and O–H groups in total. The van der Waals surface area contributed by atoms with Crippen LogP contribution in [0.3, 0.4) is 0 Å². The number of fused-ring (bicyclic) bond motifs is 8. The fraction of sp³-hybridized carbons (Fsp3) is 1.00. The summed E-state index contributed by atoms with van der Waals surface area (Å²) in [5, 5.41) is -0.0720. The Morgan fingerprint density at radius 3 is 1.33 bits per heavy atom. The van der Waals surface area contributed by atoms with Crippen LogP contribution in [0, 0.1) is 52.3 Å². The van der Waals surface area contributed by atoms with Crippen LogP contribution in [-0.2, 0) is 39.8 Å². The van der Waals surface area contributed by atoms with Gasteiger partial charge >= 0.3 is 26.4 Å². The van der Waals surface area contributed by atoms with Crippen molar-refractivity contribution in [3.8, 4) is 0 Å². The smallest absolute Gasteiger partial charge is 0.373 e. The maximum Gasteiger partial charge on any atom is 0.519 e.